The second-order valence-corrected chi connectivity index (χ2v) is 5.48. The van der Waals surface area contributed by atoms with Crippen LogP contribution < -0.4 is 11.1 Å². The van der Waals surface area contributed by atoms with Crippen molar-refractivity contribution in [2.45, 2.75) is 45.2 Å². The first-order chi connectivity index (χ1) is 7.15. The molecule has 4 heteroatoms. The molecular formula is C11H22N2OS. The molecular weight excluding hydrogens is 208 g/mol. The highest BCUT2D eigenvalue weighted by Gasteiger charge is 2.23. The van der Waals surface area contributed by atoms with Crippen LogP contribution in [-0.2, 0) is 4.79 Å². The van der Waals surface area contributed by atoms with Gasteiger partial charge in [-0.25, -0.2) is 0 Å². The number of nitrogens with two attached hydrogens (primary N) is 1. The van der Waals surface area contributed by atoms with Crippen molar-refractivity contribution in [2.75, 3.05) is 11.5 Å². The largest absolute Gasteiger partial charge is 0.351 e. The lowest BCUT2D eigenvalue weighted by Gasteiger charge is -2.25. The Morgan fingerprint density at radius 3 is 2.93 bits per heavy atom. The minimum Gasteiger partial charge on any atom is -0.351 e. The summed E-state index contributed by atoms with van der Waals surface area (Å²) < 4.78 is 0. The zero-order chi connectivity index (χ0) is 11.3. The molecule has 3 nitrogen and oxygen atoms in total. The van der Waals surface area contributed by atoms with Crippen molar-refractivity contribution in [2.24, 2.45) is 11.7 Å². The lowest BCUT2D eigenvalue weighted by atomic mass is 9.99. The summed E-state index contributed by atoms with van der Waals surface area (Å²) in [5.74, 6) is 2.56. The van der Waals surface area contributed by atoms with Crippen molar-refractivity contribution in [3.8, 4) is 0 Å². The summed E-state index contributed by atoms with van der Waals surface area (Å²) in [6, 6.07) is -0.00622. The molecule has 0 aromatic heterocycles. The van der Waals surface area contributed by atoms with Gasteiger partial charge in [-0.1, -0.05) is 20.3 Å². The summed E-state index contributed by atoms with van der Waals surface area (Å²) in [5.41, 5.74) is 5.87. The molecule has 0 aromatic carbocycles. The monoisotopic (exact) mass is 230 g/mol. The van der Waals surface area contributed by atoms with Crippen LogP contribution in [0.1, 0.15) is 33.1 Å². The van der Waals surface area contributed by atoms with Crippen LogP contribution in [0.4, 0.5) is 0 Å². The van der Waals surface area contributed by atoms with Crippen molar-refractivity contribution in [1.29, 1.82) is 0 Å². The summed E-state index contributed by atoms with van der Waals surface area (Å²) in [6.07, 6.45) is 3.26. The molecule has 1 saturated heterocycles. The van der Waals surface area contributed by atoms with E-state index < -0.39 is 0 Å². The van der Waals surface area contributed by atoms with Gasteiger partial charge in [-0.15, -0.1) is 0 Å². The first-order valence-electron chi connectivity index (χ1n) is 5.78. The molecule has 0 saturated carbocycles. The van der Waals surface area contributed by atoms with Gasteiger partial charge >= 0.3 is 0 Å². The molecule has 3 atom stereocenters. The van der Waals surface area contributed by atoms with E-state index in [9.17, 15) is 4.79 Å². The van der Waals surface area contributed by atoms with Gasteiger partial charge in [0.2, 0.25) is 5.91 Å². The molecule has 0 aliphatic carbocycles. The Morgan fingerprint density at radius 1 is 1.67 bits per heavy atom. The van der Waals surface area contributed by atoms with Gasteiger partial charge in [0.05, 0.1) is 6.04 Å². The molecule has 3 N–H and O–H groups in total. The predicted molar refractivity (Wildman–Crippen MR) is 65.9 cm³/mol. The van der Waals surface area contributed by atoms with Gasteiger partial charge in [0, 0.05) is 11.8 Å². The highest BCUT2D eigenvalue weighted by Crippen LogP contribution is 2.17. The summed E-state index contributed by atoms with van der Waals surface area (Å²) in [7, 11) is 0. The Labute approximate surface area is 96.6 Å². The van der Waals surface area contributed by atoms with E-state index in [1.165, 1.54) is 12.2 Å². The smallest absolute Gasteiger partial charge is 0.237 e. The summed E-state index contributed by atoms with van der Waals surface area (Å²) in [4.78, 5) is 11.8. The average Bonchev–Trinajstić information content (AvgIpc) is 2.28. The summed E-state index contributed by atoms with van der Waals surface area (Å²) >= 11 is 1.92. The van der Waals surface area contributed by atoms with Crippen LogP contribution in [0, 0.1) is 5.92 Å². The van der Waals surface area contributed by atoms with Crippen molar-refractivity contribution < 1.29 is 4.79 Å². The number of hydrogen-bond donors (Lipinski definition) is 2. The average molecular weight is 230 g/mol. The van der Waals surface area contributed by atoms with Gasteiger partial charge in [0.1, 0.15) is 0 Å². The topological polar surface area (TPSA) is 55.1 Å². The number of carbonyl (C=O) groups is 1. The molecule has 88 valence electrons. The first-order valence-corrected chi connectivity index (χ1v) is 6.94. The number of rotatable bonds is 4. The van der Waals surface area contributed by atoms with Crippen LogP contribution in [0.2, 0.25) is 0 Å². The van der Waals surface area contributed by atoms with Crippen molar-refractivity contribution in [3.63, 3.8) is 0 Å². The quantitative estimate of drug-likeness (QED) is 0.767. The van der Waals surface area contributed by atoms with Crippen molar-refractivity contribution in [3.05, 3.63) is 0 Å². The fraction of sp³-hybridized carbons (Fsp3) is 0.909. The van der Waals surface area contributed by atoms with Crippen molar-refractivity contribution >= 4 is 17.7 Å². The third kappa shape index (κ3) is 4.03. The maximum Gasteiger partial charge on any atom is 0.237 e. The van der Waals surface area contributed by atoms with Gasteiger partial charge < -0.3 is 11.1 Å². The normalized spacial score (nSPS) is 25.7. The first kappa shape index (κ1) is 12.8. The van der Waals surface area contributed by atoms with E-state index in [0.717, 1.165) is 18.6 Å². The van der Waals surface area contributed by atoms with E-state index >= 15 is 0 Å². The standard InChI is InChI=1S/C11H22N2OS/c1-3-8(2)10(12)11(14)13-9-5-4-6-15-7-9/h8-10H,3-7,12H2,1-2H3,(H,13,14)/t8-,9?,10-/m0/s1. The zero-order valence-electron chi connectivity index (χ0n) is 9.66. The van der Waals surface area contributed by atoms with E-state index in [2.05, 4.69) is 12.2 Å². The molecule has 0 aromatic rings. The van der Waals surface area contributed by atoms with E-state index in [-0.39, 0.29) is 17.9 Å². The van der Waals surface area contributed by atoms with Gasteiger partial charge in [0.25, 0.3) is 0 Å². The molecule has 1 rings (SSSR count). The molecule has 1 heterocycles. The second kappa shape index (κ2) is 6.38. The second-order valence-electron chi connectivity index (χ2n) is 4.33. The molecule has 1 aliphatic heterocycles. The van der Waals surface area contributed by atoms with Crippen LogP contribution >= 0.6 is 11.8 Å². The third-order valence-electron chi connectivity index (χ3n) is 3.07. The minimum absolute atomic E-state index is 0.0249. The summed E-state index contributed by atoms with van der Waals surface area (Å²) in [6.45, 7) is 4.09. The van der Waals surface area contributed by atoms with E-state index in [1.54, 1.807) is 0 Å². The number of amides is 1. The molecule has 0 spiro atoms. The van der Waals surface area contributed by atoms with Crippen LogP contribution in [0.5, 0.6) is 0 Å². The number of thioether (sulfide) groups is 1. The van der Waals surface area contributed by atoms with Crippen LogP contribution in [0.25, 0.3) is 0 Å². The van der Waals surface area contributed by atoms with E-state index in [4.69, 9.17) is 5.73 Å². The van der Waals surface area contributed by atoms with Gasteiger partial charge in [0.15, 0.2) is 0 Å². The maximum absolute atomic E-state index is 11.8. The fourth-order valence-corrected chi connectivity index (χ4v) is 2.74. The van der Waals surface area contributed by atoms with E-state index in [1.807, 2.05) is 18.7 Å². The Hall–Kier alpha value is -0.220. The maximum atomic E-state index is 11.8. The predicted octanol–water partition coefficient (Wildman–Crippen LogP) is 1.37. The van der Waals surface area contributed by atoms with Crippen LogP contribution in [0.3, 0.4) is 0 Å². The molecule has 15 heavy (non-hydrogen) atoms. The molecule has 1 amide bonds. The van der Waals surface area contributed by atoms with Crippen molar-refractivity contribution in [1.82, 2.24) is 5.32 Å². The molecule has 1 aliphatic rings. The van der Waals surface area contributed by atoms with Gasteiger partial charge in [-0.05, 0) is 24.5 Å². The Morgan fingerprint density at radius 2 is 2.40 bits per heavy atom. The van der Waals surface area contributed by atoms with Crippen LogP contribution in [-0.4, -0.2) is 29.5 Å². The highest BCUT2D eigenvalue weighted by molar-refractivity contribution is 7.99. The highest BCUT2D eigenvalue weighted by atomic mass is 32.2. The third-order valence-corrected chi connectivity index (χ3v) is 4.28. The Kier molecular flexibility index (Phi) is 5.47. The van der Waals surface area contributed by atoms with E-state index in [0.29, 0.717) is 6.04 Å². The molecule has 0 radical (unpaired) electrons. The molecule has 1 fully saturated rings. The van der Waals surface area contributed by atoms with Gasteiger partial charge in [-0.2, -0.15) is 11.8 Å². The molecule has 0 bridgehead atoms. The Balaban J connectivity index is 2.33. The SMILES string of the molecule is CC[C@H](C)[C@H](N)C(=O)NC1CCCSC1. The Bertz CT molecular complexity index is 205. The van der Waals surface area contributed by atoms with Crippen LogP contribution in [0.15, 0.2) is 0 Å². The van der Waals surface area contributed by atoms with Gasteiger partial charge in [-0.3, -0.25) is 4.79 Å². The lowest BCUT2D eigenvalue weighted by molar-refractivity contribution is -0.124. The number of nitrogens with one attached hydrogen (secondary N) is 1. The fourth-order valence-electron chi connectivity index (χ4n) is 1.66. The minimum atomic E-state index is -0.345. The number of hydrogen-bond acceptors (Lipinski definition) is 3. The molecule has 1 unspecified atom stereocenters. The zero-order valence-corrected chi connectivity index (χ0v) is 10.5. The lowest BCUT2D eigenvalue weighted by Crippen LogP contribution is -2.49. The summed E-state index contributed by atoms with van der Waals surface area (Å²) in [5, 5.41) is 3.05. The number of carbonyl (C=O) groups excluding carboxylic acids is 1.